The Hall–Kier alpha value is -0.970. The number of carbonyl (C=O) groups excluding carboxylic acids is 1. The van der Waals surface area contributed by atoms with Crippen LogP contribution in [0, 0.1) is 11.6 Å². The van der Waals surface area contributed by atoms with Gasteiger partial charge in [-0.15, -0.1) is 0 Å². The van der Waals surface area contributed by atoms with Gasteiger partial charge in [-0.2, -0.15) is 0 Å². The lowest BCUT2D eigenvalue weighted by molar-refractivity contribution is -0.132. The maximum absolute atomic E-state index is 13.7. The van der Waals surface area contributed by atoms with Gasteiger partial charge in [-0.3, -0.25) is 4.79 Å². The van der Waals surface area contributed by atoms with Gasteiger partial charge in [-0.25, -0.2) is 8.78 Å². The molecule has 0 saturated heterocycles. The molecule has 2 rings (SSSR count). The largest absolute Gasteiger partial charge is 0.335 e. The first kappa shape index (κ1) is 15.4. The van der Waals surface area contributed by atoms with Gasteiger partial charge in [-0.1, -0.05) is 22.0 Å². The number of hydrogen-bond acceptors (Lipinski definition) is 1. The minimum Gasteiger partial charge on any atom is -0.335 e. The molecule has 0 aliphatic heterocycles. The number of rotatable bonds is 7. The molecule has 0 heterocycles. The molecule has 5 heteroatoms. The van der Waals surface area contributed by atoms with E-state index in [2.05, 4.69) is 15.9 Å². The Morgan fingerprint density at radius 2 is 2.05 bits per heavy atom. The van der Waals surface area contributed by atoms with Crippen LogP contribution in [-0.2, 0) is 11.3 Å². The first-order valence-corrected chi connectivity index (χ1v) is 8.03. The highest BCUT2D eigenvalue weighted by Crippen LogP contribution is 2.29. The topological polar surface area (TPSA) is 20.3 Å². The van der Waals surface area contributed by atoms with Crippen LogP contribution >= 0.6 is 15.9 Å². The quantitative estimate of drug-likeness (QED) is 0.539. The van der Waals surface area contributed by atoms with Gasteiger partial charge < -0.3 is 4.90 Å². The van der Waals surface area contributed by atoms with Crippen molar-refractivity contribution in [2.75, 3.05) is 5.33 Å². The van der Waals surface area contributed by atoms with Gasteiger partial charge in [0.25, 0.3) is 0 Å². The summed E-state index contributed by atoms with van der Waals surface area (Å²) >= 11 is 3.34. The molecule has 0 radical (unpaired) electrons. The Morgan fingerprint density at radius 1 is 1.30 bits per heavy atom. The molecule has 1 aliphatic rings. The summed E-state index contributed by atoms with van der Waals surface area (Å²) in [6.45, 7) is 0.240. The van der Waals surface area contributed by atoms with Crippen LogP contribution in [0.15, 0.2) is 18.2 Å². The standard InChI is InChI=1S/C15H18BrF2NO/c16-8-2-1-3-15(20)19(13-6-7-13)10-11-4-5-12(17)9-14(11)18/h4-5,9,13H,1-3,6-8,10H2. The van der Waals surface area contributed by atoms with Gasteiger partial charge in [0, 0.05) is 36.0 Å². The predicted octanol–water partition coefficient (Wildman–Crippen LogP) is 4.02. The summed E-state index contributed by atoms with van der Waals surface area (Å²) in [6.07, 6.45) is 4.24. The number of alkyl halides is 1. The Morgan fingerprint density at radius 3 is 2.65 bits per heavy atom. The molecule has 20 heavy (non-hydrogen) atoms. The van der Waals surface area contributed by atoms with Crippen LogP contribution in [0.25, 0.3) is 0 Å². The summed E-state index contributed by atoms with van der Waals surface area (Å²) in [4.78, 5) is 13.9. The molecule has 1 aromatic carbocycles. The molecule has 0 aromatic heterocycles. The molecule has 1 aromatic rings. The molecular formula is C15H18BrF2NO. The van der Waals surface area contributed by atoms with Crippen LogP contribution in [0.2, 0.25) is 0 Å². The minimum atomic E-state index is -0.590. The normalized spacial score (nSPS) is 14.3. The van der Waals surface area contributed by atoms with Crippen molar-refractivity contribution in [1.29, 1.82) is 0 Å². The third kappa shape index (κ3) is 4.27. The lowest BCUT2D eigenvalue weighted by Gasteiger charge is -2.23. The van der Waals surface area contributed by atoms with E-state index in [9.17, 15) is 13.6 Å². The van der Waals surface area contributed by atoms with Crippen molar-refractivity contribution in [2.24, 2.45) is 0 Å². The number of halogens is 3. The van der Waals surface area contributed by atoms with E-state index in [1.807, 2.05) is 0 Å². The third-order valence-corrected chi connectivity index (χ3v) is 4.00. The zero-order valence-corrected chi connectivity index (χ0v) is 12.8. The maximum Gasteiger partial charge on any atom is 0.223 e. The highest BCUT2D eigenvalue weighted by atomic mass is 79.9. The fraction of sp³-hybridized carbons (Fsp3) is 0.533. The highest BCUT2D eigenvalue weighted by Gasteiger charge is 2.32. The molecule has 2 nitrogen and oxygen atoms in total. The second-order valence-corrected chi connectivity index (χ2v) is 5.93. The molecule has 1 amide bonds. The molecular weight excluding hydrogens is 328 g/mol. The average molecular weight is 346 g/mol. The van der Waals surface area contributed by atoms with Crippen LogP contribution < -0.4 is 0 Å². The van der Waals surface area contributed by atoms with E-state index in [1.165, 1.54) is 12.1 Å². The summed E-state index contributed by atoms with van der Waals surface area (Å²) in [5.41, 5.74) is 0.382. The Labute approximate surface area is 126 Å². The van der Waals surface area contributed by atoms with Gasteiger partial charge in [0.15, 0.2) is 0 Å². The van der Waals surface area contributed by atoms with Gasteiger partial charge in [0.1, 0.15) is 11.6 Å². The summed E-state index contributed by atoms with van der Waals surface area (Å²) in [5.74, 6) is -1.10. The lowest BCUT2D eigenvalue weighted by Crippen LogP contribution is -2.32. The predicted molar refractivity (Wildman–Crippen MR) is 77.6 cm³/mol. The summed E-state index contributed by atoms with van der Waals surface area (Å²) in [5, 5.41) is 0.885. The highest BCUT2D eigenvalue weighted by molar-refractivity contribution is 9.09. The smallest absolute Gasteiger partial charge is 0.223 e. The van der Waals surface area contributed by atoms with Gasteiger partial charge >= 0.3 is 0 Å². The van der Waals surface area contributed by atoms with E-state index in [0.29, 0.717) is 12.0 Å². The zero-order chi connectivity index (χ0) is 14.5. The molecule has 0 unspecified atom stereocenters. The van der Waals surface area contributed by atoms with E-state index < -0.39 is 11.6 Å². The molecule has 1 aliphatic carbocycles. The van der Waals surface area contributed by atoms with Crippen molar-refractivity contribution in [1.82, 2.24) is 4.90 Å². The summed E-state index contributed by atoms with van der Waals surface area (Å²) < 4.78 is 26.6. The number of amides is 1. The zero-order valence-electron chi connectivity index (χ0n) is 11.2. The number of nitrogens with zero attached hydrogens (tertiary/aromatic N) is 1. The molecule has 0 bridgehead atoms. The van der Waals surface area contributed by atoms with E-state index in [1.54, 1.807) is 4.90 Å². The molecule has 110 valence electrons. The van der Waals surface area contributed by atoms with Crippen LogP contribution in [0.3, 0.4) is 0 Å². The average Bonchev–Trinajstić information content (AvgIpc) is 3.22. The number of hydrogen-bond donors (Lipinski definition) is 0. The Balaban J connectivity index is 2.00. The van der Waals surface area contributed by atoms with Gasteiger partial charge in [0.2, 0.25) is 5.91 Å². The van der Waals surface area contributed by atoms with Crippen molar-refractivity contribution in [3.8, 4) is 0 Å². The Bertz CT molecular complexity index is 477. The molecule has 0 N–H and O–H groups in total. The van der Waals surface area contributed by atoms with Gasteiger partial charge in [0.05, 0.1) is 0 Å². The van der Waals surface area contributed by atoms with Crippen molar-refractivity contribution < 1.29 is 13.6 Å². The van der Waals surface area contributed by atoms with E-state index in [-0.39, 0.29) is 18.5 Å². The van der Waals surface area contributed by atoms with Crippen molar-refractivity contribution >= 4 is 21.8 Å². The number of carbonyl (C=O) groups is 1. The van der Waals surface area contributed by atoms with E-state index in [0.717, 1.165) is 37.1 Å². The number of benzene rings is 1. The first-order valence-electron chi connectivity index (χ1n) is 6.91. The second kappa shape index (κ2) is 7.16. The molecule has 1 fully saturated rings. The van der Waals surface area contributed by atoms with Crippen molar-refractivity contribution in [2.45, 2.75) is 44.7 Å². The number of unbranched alkanes of at least 4 members (excludes halogenated alkanes) is 1. The van der Waals surface area contributed by atoms with E-state index >= 15 is 0 Å². The van der Waals surface area contributed by atoms with Gasteiger partial charge in [-0.05, 0) is 31.7 Å². The third-order valence-electron chi connectivity index (χ3n) is 3.44. The monoisotopic (exact) mass is 345 g/mol. The lowest BCUT2D eigenvalue weighted by atomic mass is 10.1. The Kier molecular flexibility index (Phi) is 5.52. The van der Waals surface area contributed by atoms with Crippen LogP contribution in [0.5, 0.6) is 0 Å². The fourth-order valence-electron chi connectivity index (χ4n) is 2.15. The van der Waals surface area contributed by atoms with Crippen molar-refractivity contribution in [3.63, 3.8) is 0 Å². The second-order valence-electron chi connectivity index (χ2n) is 5.13. The van der Waals surface area contributed by atoms with Crippen LogP contribution in [0.4, 0.5) is 8.78 Å². The summed E-state index contributed by atoms with van der Waals surface area (Å²) in [7, 11) is 0. The molecule has 0 atom stereocenters. The van der Waals surface area contributed by atoms with Crippen LogP contribution in [0.1, 0.15) is 37.7 Å². The molecule has 0 spiro atoms. The first-order chi connectivity index (χ1) is 9.61. The van der Waals surface area contributed by atoms with Crippen molar-refractivity contribution in [3.05, 3.63) is 35.4 Å². The van der Waals surface area contributed by atoms with E-state index in [4.69, 9.17) is 0 Å². The SMILES string of the molecule is O=C(CCCCBr)N(Cc1ccc(F)cc1F)C1CC1. The fourth-order valence-corrected chi connectivity index (χ4v) is 2.55. The minimum absolute atomic E-state index is 0.0668. The molecule has 1 saturated carbocycles. The maximum atomic E-state index is 13.7. The summed E-state index contributed by atoms with van der Waals surface area (Å²) in [6, 6.07) is 3.76. The van der Waals surface area contributed by atoms with Crippen LogP contribution in [-0.4, -0.2) is 22.2 Å².